The van der Waals surface area contributed by atoms with Crippen molar-refractivity contribution in [3.05, 3.63) is 47.5 Å². The van der Waals surface area contributed by atoms with Crippen molar-refractivity contribution < 1.29 is 27.4 Å². The third-order valence-electron chi connectivity index (χ3n) is 6.50. The molecule has 10 heteroatoms. The molecule has 36 heavy (non-hydrogen) atoms. The van der Waals surface area contributed by atoms with Crippen LogP contribution in [0.4, 0.5) is 11.4 Å². The topological polar surface area (TPSA) is 97.4 Å². The summed E-state index contributed by atoms with van der Waals surface area (Å²) in [6.45, 7) is 9.12. The molecule has 2 aliphatic rings. The summed E-state index contributed by atoms with van der Waals surface area (Å²) in [6.07, 6.45) is 0.301. The van der Waals surface area contributed by atoms with Gasteiger partial charge in [0.25, 0.3) is 0 Å². The maximum atomic E-state index is 13.6. The molecule has 196 valence electrons. The van der Waals surface area contributed by atoms with Crippen LogP contribution in [0.2, 0.25) is 0 Å². The average Bonchev–Trinajstić information content (AvgIpc) is 2.90. The number of carbonyl (C=O) groups excluding carboxylic acids is 1. The van der Waals surface area contributed by atoms with E-state index in [2.05, 4.69) is 10.2 Å². The van der Waals surface area contributed by atoms with E-state index < -0.39 is 22.0 Å². The molecule has 1 amide bonds. The Kier molecular flexibility index (Phi) is 8.38. The fourth-order valence-corrected chi connectivity index (χ4v) is 5.87. The number of morpholine rings is 1. The van der Waals surface area contributed by atoms with Gasteiger partial charge in [0.1, 0.15) is 17.5 Å². The van der Waals surface area contributed by atoms with Crippen LogP contribution in [-0.2, 0) is 32.5 Å². The van der Waals surface area contributed by atoms with Gasteiger partial charge in [-0.25, -0.2) is 8.42 Å². The van der Waals surface area contributed by atoms with Crippen LogP contribution in [0.5, 0.6) is 11.5 Å². The molecule has 2 heterocycles. The third kappa shape index (κ3) is 5.61. The molecule has 0 aromatic heterocycles. The van der Waals surface area contributed by atoms with Crippen LogP contribution in [0.25, 0.3) is 0 Å². The van der Waals surface area contributed by atoms with E-state index in [1.165, 1.54) is 4.31 Å². The van der Waals surface area contributed by atoms with Gasteiger partial charge in [-0.3, -0.25) is 4.79 Å². The molecule has 0 bridgehead atoms. The van der Waals surface area contributed by atoms with Crippen LogP contribution in [0, 0.1) is 0 Å². The van der Waals surface area contributed by atoms with Crippen molar-refractivity contribution >= 4 is 27.3 Å². The zero-order chi connectivity index (χ0) is 25.7. The lowest BCUT2D eigenvalue weighted by molar-refractivity contribution is -0.120. The molecular formula is C26H35N3O6S. The molecule has 1 atom stereocenters. The van der Waals surface area contributed by atoms with Crippen LogP contribution in [0.15, 0.2) is 36.4 Å². The normalized spacial score (nSPS) is 18.4. The Labute approximate surface area is 213 Å². The van der Waals surface area contributed by atoms with Gasteiger partial charge < -0.3 is 24.4 Å². The van der Waals surface area contributed by atoms with Gasteiger partial charge >= 0.3 is 0 Å². The average molecular weight is 518 g/mol. The Balaban J connectivity index is 1.68. The van der Waals surface area contributed by atoms with E-state index in [0.29, 0.717) is 50.0 Å². The summed E-state index contributed by atoms with van der Waals surface area (Å²) in [7, 11) is -3.61. The van der Waals surface area contributed by atoms with Crippen molar-refractivity contribution in [2.24, 2.45) is 0 Å². The number of fused-ring (bicyclic) bond motifs is 1. The molecule has 2 aliphatic heterocycles. The number of nitrogens with one attached hydrogen (secondary N) is 1. The largest absolute Gasteiger partial charge is 0.492 e. The van der Waals surface area contributed by atoms with Gasteiger partial charge in [0.05, 0.1) is 43.6 Å². The maximum absolute atomic E-state index is 13.6. The fourth-order valence-electron chi connectivity index (χ4n) is 4.64. The lowest BCUT2D eigenvalue weighted by Crippen LogP contribution is -2.51. The molecule has 2 aromatic carbocycles. The van der Waals surface area contributed by atoms with Crippen LogP contribution < -0.4 is 19.7 Å². The first kappa shape index (κ1) is 26.2. The molecule has 1 fully saturated rings. The standard InChI is InChI=1S/C26H35N3O6S/c1-4-34-24-17-22(28-11-13-33-14-12-28)25(35-5-2)16-21(24)27-26(30)23-15-19-9-7-8-10-20(19)18-29(23)36(31,32)6-3/h7-10,16-17,23H,4-6,11-15,18H2,1-3H3,(H,27,30)/t23-/m1/s1. The van der Waals surface area contributed by atoms with E-state index in [0.717, 1.165) is 29.9 Å². The van der Waals surface area contributed by atoms with E-state index >= 15 is 0 Å². The first-order chi connectivity index (χ1) is 17.4. The van der Waals surface area contributed by atoms with Gasteiger partial charge in [-0.05, 0) is 38.3 Å². The summed E-state index contributed by atoms with van der Waals surface area (Å²) in [5.74, 6) is 0.664. The fraction of sp³-hybridized carbons (Fsp3) is 0.500. The Morgan fingerprint density at radius 3 is 2.36 bits per heavy atom. The Bertz CT molecular complexity index is 1180. The van der Waals surface area contributed by atoms with Gasteiger partial charge in [-0.15, -0.1) is 0 Å². The SMILES string of the molecule is CCOc1cc(N2CCOCC2)c(OCC)cc1NC(=O)[C@H]1Cc2ccccc2CN1S(=O)(=O)CC. The van der Waals surface area contributed by atoms with E-state index in [1.807, 2.05) is 44.2 Å². The number of carbonyl (C=O) groups is 1. The summed E-state index contributed by atoms with van der Waals surface area (Å²) in [6, 6.07) is 10.4. The summed E-state index contributed by atoms with van der Waals surface area (Å²) >= 11 is 0. The third-order valence-corrected chi connectivity index (χ3v) is 8.33. The van der Waals surface area contributed by atoms with Crippen molar-refractivity contribution in [1.82, 2.24) is 4.31 Å². The van der Waals surface area contributed by atoms with Gasteiger partial charge in [0.15, 0.2) is 0 Å². The monoisotopic (exact) mass is 517 g/mol. The Hall–Kier alpha value is -2.82. The van der Waals surface area contributed by atoms with Crippen molar-refractivity contribution in [2.75, 3.05) is 55.5 Å². The van der Waals surface area contributed by atoms with Crippen LogP contribution in [-0.4, -0.2) is 69.9 Å². The molecule has 2 aromatic rings. The highest BCUT2D eigenvalue weighted by Crippen LogP contribution is 2.40. The second-order valence-electron chi connectivity index (χ2n) is 8.71. The van der Waals surface area contributed by atoms with Crippen molar-refractivity contribution in [3.8, 4) is 11.5 Å². The minimum absolute atomic E-state index is 0.0775. The molecule has 1 saturated heterocycles. The molecule has 4 rings (SSSR count). The second kappa shape index (κ2) is 11.5. The minimum Gasteiger partial charge on any atom is -0.492 e. The Morgan fingerprint density at radius 1 is 1.03 bits per heavy atom. The summed E-state index contributed by atoms with van der Waals surface area (Å²) in [4.78, 5) is 15.8. The van der Waals surface area contributed by atoms with Crippen LogP contribution in [0.1, 0.15) is 31.9 Å². The number of ether oxygens (including phenoxy) is 3. The highest BCUT2D eigenvalue weighted by atomic mass is 32.2. The van der Waals surface area contributed by atoms with Crippen LogP contribution >= 0.6 is 0 Å². The second-order valence-corrected chi connectivity index (χ2v) is 10.9. The van der Waals surface area contributed by atoms with E-state index in [9.17, 15) is 13.2 Å². The molecule has 0 saturated carbocycles. The van der Waals surface area contributed by atoms with Gasteiger partial charge in [0, 0.05) is 31.8 Å². The molecule has 1 N–H and O–H groups in total. The number of rotatable bonds is 9. The van der Waals surface area contributed by atoms with Gasteiger partial charge in [-0.2, -0.15) is 4.31 Å². The highest BCUT2D eigenvalue weighted by molar-refractivity contribution is 7.89. The van der Waals surface area contributed by atoms with Gasteiger partial charge in [0.2, 0.25) is 15.9 Å². The molecular weight excluding hydrogens is 482 g/mol. The van der Waals surface area contributed by atoms with E-state index in [4.69, 9.17) is 14.2 Å². The van der Waals surface area contributed by atoms with Crippen molar-refractivity contribution in [1.29, 1.82) is 0 Å². The quantitative estimate of drug-likeness (QED) is 0.546. The lowest BCUT2D eigenvalue weighted by Gasteiger charge is -2.35. The predicted octanol–water partition coefficient (Wildman–Crippen LogP) is 3.04. The zero-order valence-electron chi connectivity index (χ0n) is 21.2. The lowest BCUT2D eigenvalue weighted by atomic mass is 9.95. The zero-order valence-corrected chi connectivity index (χ0v) is 22.0. The number of benzene rings is 2. The van der Waals surface area contributed by atoms with Crippen molar-refractivity contribution in [3.63, 3.8) is 0 Å². The summed E-state index contributed by atoms with van der Waals surface area (Å²) in [5, 5.41) is 2.96. The predicted molar refractivity (Wildman–Crippen MR) is 139 cm³/mol. The molecule has 9 nitrogen and oxygen atoms in total. The number of hydrogen-bond acceptors (Lipinski definition) is 7. The molecule has 0 radical (unpaired) electrons. The maximum Gasteiger partial charge on any atom is 0.243 e. The van der Waals surface area contributed by atoms with Crippen LogP contribution in [0.3, 0.4) is 0 Å². The Morgan fingerprint density at radius 2 is 1.69 bits per heavy atom. The number of hydrogen-bond donors (Lipinski definition) is 1. The van der Waals surface area contributed by atoms with Crippen molar-refractivity contribution in [2.45, 2.75) is 39.8 Å². The number of sulfonamides is 1. The first-order valence-corrected chi connectivity index (χ1v) is 14.1. The number of anilines is 2. The molecule has 0 spiro atoms. The van der Waals surface area contributed by atoms with E-state index in [-0.39, 0.29) is 12.3 Å². The minimum atomic E-state index is -3.61. The smallest absolute Gasteiger partial charge is 0.243 e. The first-order valence-electron chi connectivity index (χ1n) is 12.5. The number of nitrogens with zero attached hydrogens (tertiary/aromatic N) is 2. The summed E-state index contributed by atoms with van der Waals surface area (Å²) < 4.78 is 44.5. The summed E-state index contributed by atoms with van der Waals surface area (Å²) in [5.41, 5.74) is 3.23. The molecule has 0 aliphatic carbocycles. The molecule has 0 unspecified atom stereocenters. The highest BCUT2D eigenvalue weighted by Gasteiger charge is 2.38. The van der Waals surface area contributed by atoms with E-state index in [1.54, 1.807) is 13.0 Å². The van der Waals surface area contributed by atoms with Gasteiger partial charge in [-0.1, -0.05) is 24.3 Å². The number of amides is 1.